The van der Waals surface area contributed by atoms with Gasteiger partial charge in [-0.15, -0.1) is 0 Å². The topological polar surface area (TPSA) is 70.6 Å². The fourth-order valence-electron chi connectivity index (χ4n) is 2.75. The Bertz CT molecular complexity index is 534. The van der Waals surface area contributed by atoms with Crippen LogP contribution in [0.25, 0.3) is 0 Å². The van der Waals surface area contributed by atoms with Gasteiger partial charge in [0.15, 0.2) is 0 Å². The molecule has 2 saturated heterocycles. The lowest BCUT2D eigenvalue weighted by Gasteiger charge is -2.18. The highest BCUT2D eigenvalue weighted by Gasteiger charge is 2.51. The first-order valence-corrected chi connectivity index (χ1v) is 6.10. The third-order valence-electron chi connectivity index (χ3n) is 3.83. The summed E-state index contributed by atoms with van der Waals surface area (Å²) in [7, 11) is 1.50. The highest BCUT2D eigenvalue weighted by molar-refractivity contribution is 6.06. The average molecular weight is 259 g/mol. The zero-order valence-corrected chi connectivity index (χ0v) is 10.4. The summed E-state index contributed by atoms with van der Waals surface area (Å²) in [5, 5.41) is 0. The number of pyridine rings is 1. The van der Waals surface area contributed by atoms with Crippen molar-refractivity contribution in [2.24, 2.45) is 11.8 Å². The SMILES string of the molecule is CN1C(=O)[C@H]2CN(C(=O)c3ccncc3)C[C@H]2C1=O. The van der Waals surface area contributed by atoms with Gasteiger partial charge in [-0.2, -0.15) is 0 Å². The summed E-state index contributed by atoms with van der Waals surface area (Å²) in [6, 6.07) is 3.26. The smallest absolute Gasteiger partial charge is 0.254 e. The van der Waals surface area contributed by atoms with Crippen molar-refractivity contribution in [2.75, 3.05) is 20.1 Å². The Morgan fingerprint density at radius 2 is 1.68 bits per heavy atom. The van der Waals surface area contributed by atoms with E-state index in [9.17, 15) is 14.4 Å². The largest absolute Gasteiger partial charge is 0.337 e. The number of likely N-dealkylation sites (tertiary alicyclic amines) is 2. The molecule has 3 amide bonds. The van der Waals surface area contributed by atoms with Gasteiger partial charge in [0.05, 0.1) is 11.8 Å². The molecule has 2 aliphatic rings. The Kier molecular flexibility index (Phi) is 2.58. The fourth-order valence-corrected chi connectivity index (χ4v) is 2.75. The highest BCUT2D eigenvalue weighted by Crippen LogP contribution is 2.33. The molecule has 0 aliphatic carbocycles. The van der Waals surface area contributed by atoms with Gasteiger partial charge in [-0.25, -0.2) is 0 Å². The summed E-state index contributed by atoms with van der Waals surface area (Å²) >= 11 is 0. The molecule has 3 rings (SSSR count). The summed E-state index contributed by atoms with van der Waals surface area (Å²) in [6.07, 6.45) is 3.10. The van der Waals surface area contributed by atoms with Crippen LogP contribution in [0.3, 0.4) is 0 Å². The molecule has 0 bridgehead atoms. The van der Waals surface area contributed by atoms with E-state index in [1.165, 1.54) is 11.9 Å². The molecule has 2 atom stereocenters. The van der Waals surface area contributed by atoms with E-state index in [1.807, 2.05) is 0 Å². The van der Waals surface area contributed by atoms with Crippen molar-refractivity contribution in [3.8, 4) is 0 Å². The Hall–Kier alpha value is -2.24. The molecular weight excluding hydrogens is 246 g/mol. The van der Waals surface area contributed by atoms with Gasteiger partial charge in [-0.1, -0.05) is 0 Å². The van der Waals surface area contributed by atoms with Crippen LogP contribution in [0.4, 0.5) is 0 Å². The van der Waals surface area contributed by atoms with Gasteiger partial charge in [0.25, 0.3) is 5.91 Å². The van der Waals surface area contributed by atoms with E-state index in [2.05, 4.69) is 4.98 Å². The molecular formula is C13H13N3O3. The lowest BCUT2D eigenvalue weighted by atomic mass is 10.00. The van der Waals surface area contributed by atoms with E-state index in [-0.39, 0.29) is 29.6 Å². The van der Waals surface area contributed by atoms with Crippen molar-refractivity contribution >= 4 is 17.7 Å². The predicted octanol–water partition coefficient (Wildman–Crippen LogP) is -0.232. The minimum atomic E-state index is -0.372. The van der Waals surface area contributed by atoms with Crippen LogP contribution in [-0.4, -0.2) is 52.6 Å². The van der Waals surface area contributed by atoms with Gasteiger partial charge in [-0.3, -0.25) is 24.3 Å². The van der Waals surface area contributed by atoms with Crippen LogP contribution in [-0.2, 0) is 9.59 Å². The van der Waals surface area contributed by atoms with Crippen molar-refractivity contribution in [1.82, 2.24) is 14.8 Å². The van der Waals surface area contributed by atoms with Crippen LogP contribution in [0, 0.1) is 11.8 Å². The van der Waals surface area contributed by atoms with Crippen molar-refractivity contribution in [3.63, 3.8) is 0 Å². The van der Waals surface area contributed by atoms with Crippen molar-refractivity contribution < 1.29 is 14.4 Å². The molecule has 1 aromatic heterocycles. The molecule has 0 unspecified atom stereocenters. The monoisotopic (exact) mass is 259 g/mol. The van der Waals surface area contributed by atoms with Crippen molar-refractivity contribution in [3.05, 3.63) is 30.1 Å². The second-order valence-corrected chi connectivity index (χ2v) is 4.89. The lowest BCUT2D eigenvalue weighted by molar-refractivity contribution is -0.138. The molecule has 2 aliphatic heterocycles. The van der Waals surface area contributed by atoms with E-state index >= 15 is 0 Å². The summed E-state index contributed by atoms with van der Waals surface area (Å²) in [6.45, 7) is 0.640. The van der Waals surface area contributed by atoms with E-state index < -0.39 is 0 Å². The van der Waals surface area contributed by atoms with Crippen LogP contribution in [0.2, 0.25) is 0 Å². The number of imide groups is 1. The first-order chi connectivity index (χ1) is 9.09. The minimum absolute atomic E-state index is 0.153. The number of aromatic nitrogens is 1. The van der Waals surface area contributed by atoms with Gasteiger partial charge in [-0.05, 0) is 12.1 Å². The van der Waals surface area contributed by atoms with Crippen molar-refractivity contribution in [1.29, 1.82) is 0 Å². The molecule has 0 aromatic carbocycles. The van der Waals surface area contributed by atoms with Gasteiger partial charge in [0.1, 0.15) is 0 Å². The van der Waals surface area contributed by atoms with E-state index in [1.54, 1.807) is 29.4 Å². The predicted molar refractivity (Wildman–Crippen MR) is 64.9 cm³/mol. The van der Waals surface area contributed by atoms with Crippen LogP contribution >= 0.6 is 0 Å². The number of rotatable bonds is 1. The van der Waals surface area contributed by atoms with E-state index in [4.69, 9.17) is 0 Å². The number of carbonyl (C=O) groups excluding carboxylic acids is 3. The second kappa shape index (κ2) is 4.15. The van der Waals surface area contributed by atoms with Crippen LogP contribution in [0.5, 0.6) is 0 Å². The van der Waals surface area contributed by atoms with Crippen LogP contribution in [0.15, 0.2) is 24.5 Å². The third-order valence-corrected chi connectivity index (χ3v) is 3.83. The Morgan fingerprint density at radius 1 is 1.16 bits per heavy atom. The number of hydrogen-bond donors (Lipinski definition) is 0. The molecule has 0 spiro atoms. The Labute approximate surface area is 110 Å². The van der Waals surface area contributed by atoms with Crippen LogP contribution < -0.4 is 0 Å². The van der Waals surface area contributed by atoms with Gasteiger partial charge >= 0.3 is 0 Å². The maximum Gasteiger partial charge on any atom is 0.254 e. The molecule has 6 heteroatoms. The molecule has 0 saturated carbocycles. The molecule has 2 fully saturated rings. The molecule has 98 valence electrons. The summed E-state index contributed by atoms with van der Waals surface area (Å²) in [5.41, 5.74) is 0.531. The second-order valence-electron chi connectivity index (χ2n) is 4.89. The lowest BCUT2D eigenvalue weighted by Crippen LogP contribution is -2.36. The minimum Gasteiger partial charge on any atom is -0.337 e. The van der Waals surface area contributed by atoms with E-state index in [0.29, 0.717) is 18.7 Å². The molecule has 6 nitrogen and oxygen atoms in total. The quantitative estimate of drug-likeness (QED) is 0.653. The molecule has 3 heterocycles. The number of nitrogens with zero attached hydrogens (tertiary/aromatic N) is 3. The number of carbonyl (C=O) groups is 3. The van der Waals surface area contributed by atoms with Crippen LogP contribution in [0.1, 0.15) is 10.4 Å². The zero-order valence-electron chi connectivity index (χ0n) is 10.4. The third kappa shape index (κ3) is 1.71. The zero-order chi connectivity index (χ0) is 13.6. The van der Waals surface area contributed by atoms with E-state index in [0.717, 1.165) is 0 Å². The number of amides is 3. The van der Waals surface area contributed by atoms with Gasteiger partial charge < -0.3 is 4.90 Å². The van der Waals surface area contributed by atoms with Crippen molar-refractivity contribution in [2.45, 2.75) is 0 Å². The number of fused-ring (bicyclic) bond motifs is 1. The maximum absolute atomic E-state index is 12.2. The Morgan fingerprint density at radius 3 is 2.21 bits per heavy atom. The summed E-state index contributed by atoms with van der Waals surface area (Å²) < 4.78 is 0. The molecule has 0 N–H and O–H groups in total. The maximum atomic E-state index is 12.2. The normalized spacial score (nSPS) is 25.9. The molecule has 19 heavy (non-hydrogen) atoms. The van der Waals surface area contributed by atoms with Gasteiger partial charge in [0, 0.05) is 38.1 Å². The Balaban J connectivity index is 1.80. The standard InChI is InChI=1S/C13H13N3O3/c1-15-12(18)9-6-16(7-10(9)13(15)19)11(17)8-2-4-14-5-3-8/h2-5,9-10H,6-7H2,1H3/t9-,10+. The highest BCUT2D eigenvalue weighted by atomic mass is 16.2. The average Bonchev–Trinajstić information content (AvgIpc) is 2.96. The molecule has 0 radical (unpaired) electrons. The first-order valence-electron chi connectivity index (χ1n) is 6.10. The number of hydrogen-bond acceptors (Lipinski definition) is 4. The molecule has 1 aromatic rings. The first kappa shape index (κ1) is 11.8. The summed E-state index contributed by atoms with van der Waals surface area (Å²) in [4.78, 5) is 42.6. The van der Waals surface area contributed by atoms with Gasteiger partial charge in [0.2, 0.25) is 11.8 Å². The fraction of sp³-hybridized carbons (Fsp3) is 0.385. The summed E-state index contributed by atoms with van der Waals surface area (Å²) in [5.74, 6) is -1.26.